The molecule has 0 amide bonds. The van der Waals surface area contributed by atoms with E-state index in [0.717, 1.165) is 22.9 Å². The number of nitrogens with one attached hydrogen (secondary N) is 1. The highest BCUT2D eigenvalue weighted by molar-refractivity contribution is 5.59. The van der Waals surface area contributed by atoms with Gasteiger partial charge in [-0.25, -0.2) is 4.98 Å². The quantitative estimate of drug-likeness (QED) is 0.772. The first kappa shape index (κ1) is 10.3. The van der Waals surface area contributed by atoms with Gasteiger partial charge in [0.2, 0.25) is 0 Å². The molecule has 0 spiro atoms. The van der Waals surface area contributed by atoms with Crippen molar-refractivity contribution in [3.05, 3.63) is 42.6 Å². The molecule has 3 N–H and O–H groups in total. The number of nitrogen functional groups attached to an aromatic ring is 1. The zero-order valence-corrected chi connectivity index (χ0v) is 8.97. The molecule has 16 heavy (non-hydrogen) atoms. The Morgan fingerprint density at radius 1 is 1.12 bits per heavy atom. The Hall–Kier alpha value is -2.23. The minimum atomic E-state index is 0.739. The molecule has 1 heterocycles. The zero-order chi connectivity index (χ0) is 11.4. The Bertz CT molecular complexity index is 451. The van der Waals surface area contributed by atoms with Gasteiger partial charge < -0.3 is 15.8 Å². The number of benzene rings is 1. The maximum Gasteiger partial charge on any atom is 0.137 e. The van der Waals surface area contributed by atoms with Gasteiger partial charge in [0.05, 0.1) is 13.3 Å². The van der Waals surface area contributed by atoms with Crippen molar-refractivity contribution in [1.82, 2.24) is 4.98 Å². The molecule has 2 aromatic rings. The molecule has 1 aromatic carbocycles. The Morgan fingerprint density at radius 3 is 2.44 bits per heavy atom. The van der Waals surface area contributed by atoms with E-state index in [-0.39, 0.29) is 0 Å². The number of pyridine rings is 1. The number of anilines is 3. The van der Waals surface area contributed by atoms with Gasteiger partial charge >= 0.3 is 0 Å². The SMILES string of the molecule is COc1ccc(Nc2ccc(N)cc2)nc1. The molecule has 0 aliphatic heterocycles. The average molecular weight is 215 g/mol. The molecule has 4 nitrogen and oxygen atoms in total. The topological polar surface area (TPSA) is 60.2 Å². The molecule has 0 atom stereocenters. The van der Waals surface area contributed by atoms with Crippen LogP contribution in [-0.4, -0.2) is 12.1 Å². The monoisotopic (exact) mass is 215 g/mol. The van der Waals surface area contributed by atoms with Gasteiger partial charge in [-0.3, -0.25) is 0 Å². The summed E-state index contributed by atoms with van der Waals surface area (Å²) in [6.07, 6.45) is 1.67. The van der Waals surface area contributed by atoms with Crippen molar-refractivity contribution in [3.8, 4) is 5.75 Å². The Labute approximate surface area is 94.1 Å². The summed E-state index contributed by atoms with van der Waals surface area (Å²) in [7, 11) is 1.62. The average Bonchev–Trinajstić information content (AvgIpc) is 2.33. The van der Waals surface area contributed by atoms with Crippen molar-refractivity contribution in [1.29, 1.82) is 0 Å². The lowest BCUT2D eigenvalue weighted by atomic mass is 10.3. The smallest absolute Gasteiger partial charge is 0.137 e. The van der Waals surface area contributed by atoms with Crippen LogP contribution < -0.4 is 15.8 Å². The number of ether oxygens (including phenoxy) is 1. The highest BCUT2D eigenvalue weighted by Gasteiger charge is 1.96. The first-order valence-electron chi connectivity index (χ1n) is 4.90. The first-order valence-corrected chi connectivity index (χ1v) is 4.90. The molecular formula is C12H13N3O. The lowest BCUT2D eigenvalue weighted by Crippen LogP contribution is -1.94. The van der Waals surface area contributed by atoms with E-state index >= 15 is 0 Å². The summed E-state index contributed by atoms with van der Waals surface area (Å²) in [6.45, 7) is 0. The fourth-order valence-corrected chi connectivity index (χ4v) is 1.29. The summed E-state index contributed by atoms with van der Waals surface area (Å²) in [5.41, 5.74) is 7.29. The number of hydrogen-bond donors (Lipinski definition) is 2. The van der Waals surface area contributed by atoms with Crippen molar-refractivity contribution in [3.63, 3.8) is 0 Å². The molecule has 0 saturated heterocycles. The Balaban J connectivity index is 2.11. The van der Waals surface area contributed by atoms with Gasteiger partial charge in [-0.1, -0.05) is 0 Å². The molecule has 0 unspecified atom stereocenters. The summed E-state index contributed by atoms with van der Waals surface area (Å²) in [4.78, 5) is 4.20. The fourth-order valence-electron chi connectivity index (χ4n) is 1.29. The van der Waals surface area contributed by atoms with Crippen LogP contribution in [0, 0.1) is 0 Å². The lowest BCUT2D eigenvalue weighted by Gasteiger charge is -2.06. The minimum absolute atomic E-state index is 0.739. The second-order valence-electron chi connectivity index (χ2n) is 3.33. The van der Waals surface area contributed by atoms with E-state index in [1.807, 2.05) is 36.4 Å². The minimum Gasteiger partial charge on any atom is -0.495 e. The highest BCUT2D eigenvalue weighted by atomic mass is 16.5. The highest BCUT2D eigenvalue weighted by Crippen LogP contribution is 2.17. The van der Waals surface area contributed by atoms with Crippen LogP contribution in [0.5, 0.6) is 5.75 Å². The van der Waals surface area contributed by atoms with Crippen LogP contribution >= 0.6 is 0 Å². The second kappa shape index (κ2) is 4.53. The normalized spacial score (nSPS) is 9.81. The summed E-state index contributed by atoms with van der Waals surface area (Å²) >= 11 is 0. The molecular weight excluding hydrogens is 202 g/mol. The number of methoxy groups -OCH3 is 1. The van der Waals surface area contributed by atoms with Crippen molar-refractivity contribution >= 4 is 17.2 Å². The predicted octanol–water partition coefficient (Wildman–Crippen LogP) is 2.42. The van der Waals surface area contributed by atoms with E-state index in [9.17, 15) is 0 Å². The standard InChI is InChI=1S/C12H13N3O/c1-16-11-6-7-12(14-8-11)15-10-4-2-9(13)3-5-10/h2-8H,13H2,1H3,(H,14,15). The molecule has 2 rings (SSSR count). The summed E-state index contributed by atoms with van der Waals surface area (Å²) < 4.78 is 5.03. The van der Waals surface area contributed by atoms with Gasteiger partial charge in [0.15, 0.2) is 0 Å². The van der Waals surface area contributed by atoms with E-state index in [0.29, 0.717) is 0 Å². The predicted molar refractivity (Wildman–Crippen MR) is 64.9 cm³/mol. The maximum absolute atomic E-state index is 5.60. The number of nitrogens with two attached hydrogens (primary N) is 1. The van der Waals surface area contributed by atoms with Crippen molar-refractivity contribution in [2.75, 3.05) is 18.2 Å². The zero-order valence-electron chi connectivity index (χ0n) is 8.97. The van der Waals surface area contributed by atoms with Gasteiger partial charge in [0.1, 0.15) is 11.6 Å². The third-order valence-electron chi connectivity index (χ3n) is 2.16. The molecule has 0 aliphatic carbocycles. The second-order valence-corrected chi connectivity index (χ2v) is 3.33. The third-order valence-corrected chi connectivity index (χ3v) is 2.16. The van der Waals surface area contributed by atoms with Crippen molar-refractivity contribution < 1.29 is 4.74 Å². The molecule has 0 bridgehead atoms. The molecule has 4 heteroatoms. The van der Waals surface area contributed by atoms with Crippen LogP contribution in [-0.2, 0) is 0 Å². The Morgan fingerprint density at radius 2 is 1.88 bits per heavy atom. The molecule has 0 saturated carbocycles. The van der Waals surface area contributed by atoms with E-state index < -0.39 is 0 Å². The Kier molecular flexibility index (Phi) is 2.91. The van der Waals surface area contributed by atoms with Crippen LogP contribution in [0.3, 0.4) is 0 Å². The largest absolute Gasteiger partial charge is 0.495 e. The number of aromatic nitrogens is 1. The van der Waals surface area contributed by atoms with E-state index in [4.69, 9.17) is 10.5 Å². The van der Waals surface area contributed by atoms with E-state index in [1.54, 1.807) is 13.3 Å². The van der Waals surface area contributed by atoms with Gasteiger partial charge in [0.25, 0.3) is 0 Å². The summed E-state index contributed by atoms with van der Waals surface area (Å²) in [5.74, 6) is 1.51. The van der Waals surface area contributed by atoms with Crippen LogP contribution in [0.25, 0.3) is 0 Å². The summed E-state index contributed by atoms with van der Waals surface area (Å²) in [5, 5.41) is 3.16. The van der Waals surface area contributed by atoms with Crippen LogP contribution in [0.4, 0.5) is 17.2 Å². The van der Waals surface area contributed by atoms with Crippen molar-refractivity contribution in [2.45, 2.75) is 0 Å². The molecule has 0 radical (unpaired) electrons. The first-order chi connectivity index (χ1) is 7.78. The van der Waals surface area contributed by atoms with Crippen molar-refractivity contribution in [2.24, 2.45) is 0 Å². The lowest BCUT2D eigenvalue weighted by molar-refractivity contribution is 0.413. The maximum atomic E-state index is 5.60. The molecule has 82 valence electrons. The van der Waals surface area contributed by atoms with E-state index in [2.05, 4.69) is 10.3 Å². The van der Waals surface area contributed by atoms with E-state index in [1.165, 1.54) is 0 Å². The van der Waals surface area contributed by atoms with Gasteiger partial charge in [-0.15, -0.1) is 0 Å². The number of hydrogen-bond acceptors (Lipinski definition) is 4. The third kappa shape index (κ3) is 2.42. The van der Waals surface area contributed by atoms with Gasteiger partial charge in [-0.2, -0.15) is 0 Å². The molecule has 0 fully saturated rings. The van der Waals surface area contributed by atoms with Crippen LogP contribution in [0.1, 0.15) is 0 Å². The van der Waals surface area contributed by atoms with Gasteiger partial charge in [-0.05, 0) is 36.4 Å². The number of rotatable bonds is 3. The summed E-state index contributed by atoms with van der Waals surface area (Å²) in [6, 6.07) is 11.2. The number of nitrogens with zero attached hydrogens (tertiary/aromatic N) is 1. The fraction of sp³-hybridized carbons (Fsp3) is 0.0833. The van der Waals surface area contributed by atoms with Gasteiger partial charge in [0, 0.05) is 11.4 Å². The van der Waals surface area contributed by atoms with Crippen LogP contribution in [0.15, 0.2) is 42.6 Å². The van der Waals surface area contributed by atoms with Crippen LogP contribution in [0.2, 0.25) is 0 Å². The molecule has 0 aliphatic rings. The molecule has 1 aromatic heterocycles.